The average Bonchev–Trinajstić information content (AvgIpc) is 2.38. The molecule has 1 nitrogen and oxygen atoms in total. The highest BCUT2D eigenvalue weighted by atomic mass is 16.5. The molecule has 0 aromatic heterocycles. The van der Waals surface area contributed by atoms with E-state index in [0.29, 0.717) is 0 Å². The molecule has 0 aliphatic carbocycles. The van der Waals surface area contributed by atoms with Crippen LogP contribution in [0.5, 0.6) is 11.5 Å². The van der Waals surface area contributed by atoms with Gasteiger partial charge in [0.25, 0.3) is 0 Å². The Morgan fingerprint density at radius 3 is 1.69 bits per heavy atom. The molecule has 0 fully saturated rings. The normalized spacial score (nSPS) is 11.4. The summed E-state index contributed by atoms with van der Waals surface area (Å²) in [6, 6.07) is 16.4. The van der Waals surface area contributed by atoms with Crippen LogP contribution in [-0.2, 0) is 6.42 Å². The van der Waals surface area contributed by atoms with Crippen molar-refractivity contribution in [1.29, 1.82) is 0 Å². The highest BCUT2D eigenvalue weighted by molar-refractivity contribution is 5.49. The average molecular weight is 212 g/mol. The van der Waals surface area contributed by atoms with Gasteiger partial charge in [0, 0.05) is 6.42 Å². The molecule has 0 unspecified atom stereocenters. The maximum Gasteiger partial charge on any atom is 0.130 e. The summed E-state index contributed by atoms with van der Waals surface area (Å²) in [6.45, 7) is 4.00. The molecule has 1 heteroatoms. The van der Waals surface area contributed by atoms with Crippen molar-refractivity contribution in [2.24, 2.45) is 0 Å². The van der Waals surface area contributed by atoms with Crippen molar-refractivity contribution >= 4 is 0 Å². The largest absolute Gasteiger partial charge is 0.457 e. The van der Waals surface area contributed by atoms with Gasteiger partial charge in [0.15, 0.2) is 0 Å². The fourth-order valence-electron chi connectivity index (χ4n) is 1.82. The van der Waals surface area contributed by atoms with Crippen LogP contribution in [0.4, 0.5) is 0 Å². The van der Waals surface area contributed by atoms with E-state index in [9.17, 15) is 0 Å². The third-order valence-electron chi connectivity index (χ3n) is 2.55. The lowest BCUT2D eigenvalue weighted by Gasteiger charge is -2.19. The number of hydrogen-bond donors (Lipinski definition) is 0. The molecule has 0 saturated heterocycles. The third-order valence-corrected chi connectivity index (χ3v) is 2.55. The molecule has 0 saturated carbocycles. The van der Waals surface area contributed by atoms with Crippen LogP contribution in [0.25, 0.3) is 0 Å². The van der Waals surface area contributed by atoms with Gasteiger partial charge >= 0.3 is 0 Å². The van der Waals surface area contributed by atoms with E-state index in [1.54, 1.807) is 0 Å². The van der Waals surface area contributed by atoms with Crippen molar-refractivity contribution in [1.82, 2.24) is 0 Å². The summed E-state index contributed by atoms with van der Waals surface area (Å²) in [5.41, 5.74) is 2.54. The predicted octanol–water partition coefficient (Wildman–Crippen LogP) is 4.41. The minimum absolute atomic E-state index is 0.979. The van der Waals surface area contributed by atoms with Crippen molar-refractivity contribution in [3.63, 3.8) is 0 Å². The van der Waals surface area contributed by atoms with E-state index in [1.165, 1.54) is 11.1 Å². The van der Waals surface area contributed by atoms with Crippen LogP contribution in [0, 0.1) is 0 Å². The van der Waals surface area contributed by atoms with E-state index in [1.807, 2.05) is 38.1 Å². The van der Waals surface area contributed by atoms with Gasteiger partial charge < -0.3 is 4.74 Å². The summed E-state index contributed by atoms with van der Waals surface area (Å²) in [7, 11) is 0. The van der Waals surface area contributed by atoms with Gasteiger partial charge in [0.05, 0.1) is 0 Å². The first-order valence-corrected chi connectivity index (χ1v) is 5.77. The molecule has 0 bridgehead atoms. The molecule has 1 aliphatic heterocycles. The van der Waals surface area contributed by atoms with E-state index < -0.39 is 0 Å². The molecule has 1 aliphatic rings. The van der Waals surface area contributed by atoms with E-state index in [0.717, 1.165) is 17.9 Å². The quantitative estimate of drug-likeness (QED) is 0.536. The fraction of sp³-hybridized carbons (Fsp3) is 0.200. The molecule has 2 aromatic carbocycles. The molecule has 3 rings (SSSR count). The summed E-state index contributed by atoms with van der Waals surface area (Å²) < 4.78 is 5.78. The van der Waals surface area contributed by atoms with E-state index in [-0.39, 0.29) is 0 Å². The Bertz CT molecular complexity index is 387. The van der Waals surface area contributed by atoms with Gasteiger partial charge in [-0.2, -0.15) is 0 Å². The number of para-hydroxylation sites is 2. The van der Waals surface area contributed by atoms with Crippen LogP contribution in [0.3, 0.4) is 0 Å². The lowest BCUT2D eigenvalue weighted by Crippen LogP contribution is -2.01. The zero-order valence-electron chi connectivity index (χ0n) is 9.73. The maximum absolute atomic E-state index is 5.78. The first kappa shape index (κ1) is 10.7. The Balaban J connectivity index is 0.000000457. The van der Waals surface area contributed by atoms with Crippen molar-refractivity contribution in [2.45, 2.75) is 20.3 Å². The number of rotatable bonds is 0. The topological polar surface area (TPSA) is 9.23 Å². The Morgan fingerprint density at radius 2 is 1.19 bits per heavy atom. The summed E-state index contributed by atoms with van der Waals surface area (Å²) >= 11 is 0. The molecular formula is C15H16O. The van der Waals surface area contributed by atoms with Crippen molar-refractivity contribution < 1.29 is 4.74 Å². The molecular weight excluding hydrogens is 196 g/mol. The minimum Gasteiger partial charge on any atom is -0.457 e. The Labute approximate surface area is 96.7 Å². The molecule has 0 amide bonds. The molecule has 0 N–H and O–H groups in total. The Morgan fingerprint density at radius 1 is 0.750 bits per heavy atom. The Hall–Kier alpha value is -1.76. The van der Waals surface area contributed by atoms with Gasteiger partial charge in [-0.3, -0.25) is 0 Å². The van der Waals surface area contributed by atoms with Gasteiger partial charge in [0.1, 0.15) is 11.5 Å². The monoisotopic (exact) mass is 212 g/mol. The van der Waals surface area contributed by atoms with Gasteiger partial charge in [-0.05, 0) is 23.3 Å². The molecule has 2 aromatic rings. The summed E-state index contributed by atoms with van der Waals surface area (Å²) in [4.78, 5) is 0. The molecule has 16 heavy (non-hydrogen) atoms. The van der Waals surface area contributed by atoms with E-state index in [4.69, 9.17) is 4.74 Å². The van der Waals surface area contributed by atoms with Crippen molar-refractivity contribution in [3.05, 3.63) is 59.7 Å². The first-order chi connectivity index (χ1) is 7.93. The standard InChI is InChI=1S/C13H10O.C2H6/c1-3-7-12-10(5-1)9-11-6-2-4-8-13(11)14-12;1-2/h1-8H,9H2;1-2H3. The summed E-state index contributed by atoms with van der Waals surface area (Å²) in [5, 5.41) is 0. The highest BCUT2D eigenvalue weighted by Crippen LogP contribution is 2.35. The number of hydrogen-bond acceptors (Lipinski definition) is 1. The second kappa shape index (κ2) is 4.84. The number of benzene rings is 2. The van der Waals surface area contributed by atoms with Crippen molar-refractivity contribution in [2.75, 3.05) is 0 Å². The third kappa shape index (κ3) is 1.94. The zero-order valence-corrected chi connectivity index (χ0v) is 9.73. The maximum atomic E-state index is 5.78. The van der Waals surface area contributed by atoms with Gasteiger partial charge in [-0.1, -0.05) is 50.2 Å². The van der Waals surface area contributed by atoms with Crippen LogP contribution in [-0.4, -0.2) is 0 Å². The predicted molar refractivity (Wildman–Crippen MR) is 67.1 cm³/mol. The van der Waals surface area contributed by atoms with Crippen LogP contribution < -0.4 is 4.74 Å². The second-order valence-electron chi connectivity index (χ2n) is 3.49. The second-order valence-corrected chi connectivity index (χ2v) is 3.49. The lowest BCUT2D eigenvalue weighted by molar-refractivity contribution is 0.460. The van der Waals surface area contributed by atoms with Crippen molar-refractivity contribution in [3.8, 4) is 11.5 Å². The number of ether oxygens (including phenoxy) is 1. The molecule has 0 atom stereocenters. The smallest absolute Gasteiger partial charge is 0.130 e. The van der Waals surface area contributed by atoms with Crippen LogP contribution in [0.2, 0.25) is 0 Å². The first-order valence-electron chi connectivity index (χ1n) is 5.77. The summed E-state index contributed by atoms with van der Waals surface area (Å²) in [6.07, 6.45) is 0.979. The molecule has 82 valence electrons. The Kier molecular flexibility index (Phi) is 3.25. The summed E-state index contributed by atoms with van der Waals surface area (Å²) in [5.74, 6) is 1.98. The highest BCUT2D eigenvalue weighted by Gasteiger charge is 2.14. The van der Waals surface area contributed by atoms with Gasteiger partial charge in [0.2, 0.25) is 0 Å². The molecule has 0 spiro atoms. The van der Waals surface area contributed by atoms with Gasteiger partial charge in [-0.25, -0.2) is 0 Å². The van der Waals surface area contributed by atoms with Crippen LogP contribution in [0.15, 0.2) is 48.5 Å². The lowest BCUT2D eigenvalue weighted by atomic mass is 10.0. The fourth-order valence-corrected chi connectivity index (χ4v) is 1.82. The van der Waals surface area contributed by atoms with Crippen LogP contribution >= 0.6 is 0 Å². The van der Waals surface area contributed by atoms with Crippen LogP contribution in [0.1, 0.15) is 25.0 Å². The minimum atomic E-state index is 0.979. The molecule has 0 radical (unpaired) electrons. The van der Waals surface area contributed by atoms with Gasteiger partial charge in [-0.15, -0.1) is 0 Å². The molecule has 1 heterocycles. The zero-order chi connectivity index (χ0) is 11.4. The van der Waals surface area contributed by atoms with E-state index in [2.05, 4.69) is 24.3 Å². The van der Waals surface area contributed by atoms with E-state index >= 15 is 0 Å². The SMILES string of the molecule is CC.c1ccc2c(c1)Cc1ccccc1O2. The number of fused-ring (bicyclic) bond motifs is 2.